The van der Waals surface area contributed by atoms with Gasteiger partial charge in [-0.05, 0) is 43.8 Å². The van der Waals surface area contributed by atoms with Crippen LogP contribution in [-0.2, 0) is 19.1 Å². The zero-order chi connectivity index (χ0) is 39.4. The first-order valence-electron chi connectivity index (χ1n) is 22.4. The van der Waals surface area contributed by atoms with Crippen molar-refractivity contribution in [1.82, 2.24) is 5.01 Å². The van der Waals surface area contributed by atoms with Crippen LogP contribution in [0.15, 0.2) is 5.28 Å². The standard InChI is InChI=1S/C42H84N4O8/c47-37-27-21-17-13-9-5-1-3-7-11-15-19-23-29-39-53-41(49)31-34-43-33-25-26-35-45(46(52)44-51)36-32-42(50)54-40-30-24-20-16-12-8-4-2-6-10-14-18-22-28-38-48/h43,47-48,51H,1-40H2/b46-44-. The van der Waals surface area contributed by atoms with E-state index in [9.17, 15) is 20.0 Å². The fraction of sp³-hybridized carbons (Fsp3) is 0.952. The number of rotatable bonds is 44. The van der Waals surface area contributed by atoms with E-state index in [0.29, 0.717) is 52.4 Å². The molecule has 12 heteroatoms. The molecular weight excluding hydrogens is 688 g/mol. The van der Waals surface area contributed by atoms with E-state index in [4.69, 9.17) is 19.7 Å². The van der Waals surface area contributed by atoms with Crippen LogP contribution in [0.3, 0.4) is 0 Å². The summed E-state index contributed by atoms with van der Waals surface area (Å²) < 4.78 is 10.7. The van der Waals surface area contributed by atoms with Crippen molar-refractivity contribution in [3.05, 3.63) is 10.4 Å². The summed E-state index contributed by atoms with van der Waals surface area (Å²) in [5, 5.41) is 46.1. The van der Waals surface area contributed by atoms with Gasteiger partial charge < -0.3 is 35.4 Å². The maximum atomic E-state index is 12.2. The highest BCUT2D eigenvalue weighted by atomic mass is 16.6. The van der Waals surface area contributed by atoms with Crippen molar-refractivity contribution < 1.29 is 39.6 Å². The quantitative estimate of drug-likeness (QED) is 0.0180. The molecule has 0 aromatic heterocycles. The topological polar surface area (TPSA) is 174 Å². The lowest BCUT2D eigenvalue weighted by molar-refractivity contribution is -0.691. The Morgan fingerprint density at radius 3 is 1.20 bits per heavy atom. The zero-order valence-corrected chi connectivity index (χ0v) is 34.5. The van der Waals surface area contributed by atoms with Crippen LogP contribution >= 0.6 is 0 Å². The molecule has 0 rings (SSSR count). The lowest BCUT2D eigenvalue weighted by atomic mass is 10.0. The van der Waals surface area contributed by atoms with E-state index in [0.717, 1.165) is 70.8 Å². The smallest absolute Gasteiger partial charge is 0.311 e. The third-order valence-electron chi connectivity index (χ3n) is 10.1. The molecule has 0 aromatic rings. The van der Waals surface area contributed by atoms with E-state index < -0.39 is 0 Å². The summed E-state index contributed by atoms with van der Waals surface area (Å²) >= 11 is 0. The summed E-state index contributed by atoms with van der Waals surface area (Å²) in [5.41, 5.74) is 0. The molecule has 0 spiro atoms. The minimum absolute atomic E-state index is 0.0155. The molecule has 0 atom stereocenters. The minimum Gasteiger partial charge on any atom is -0.737 e. The van der Waals surface area contributed by atoms with Crippen LogP contribution in [0.25, 0.3) is 0 Å². The highest BCUT2D eigenvalue weighted by molar-refractivity contribution is 5.69. The van der Waals surface area contributed by atoms with Gasteiger partial charge in [-0.15, -0.1) is 5.01 Å². The first-order chi connectivity index (χ1) is 26.5. The summed E-state index contributed by atoms with van der Waals surface area (Å²) in [4.78, 5) is 24.2. The largest absolute Gasteiger partial charge is 0.737 e. The molecule has 0 aromatic carbocycles. The predicted molar refractivity (Wildman–Crippen MR) is 216 cm³/mol. The van der Waals surface area contributed by atoms with Crippen molar-refractivity contribution in [2.75, 3.05) is 52.6 Å². The van der Waals surface area contributed by atoms with Gasteiger partial charge in [0.2, 0.25) is 0 Å². The fourth-order valence-corrected chi connectivity index (χ4v) is 6.69. The van der Waals surface area contributed by atoms with Gasteiger partial charge in [0.15, 0.2) is 0 Å². The number of hydrogen-bond donors (Lipinski definition) is 3. The van der Waals surface area contributed by atoms with E-state index in [-0.39, 0.29) is 29.9 Å². The number of carbonyl (C=O) groups excluding carboxylic acids is 2. The highest BCUT2D eigenvalue weighted by Crippen LogP contribution is 2.14. The third kappa shape index (κ3) is 39.5. The van der Waals surface area contributed by atoms with Crippen molar-refractivity contribution in [3.8, 4) is 0 Å². The fourth-order valence-electron chi connectivity index (χ4n) is 6.69. The first-order valence-corrected chi connectivity index (χ1v) is 22.4. The number of aliphatic hydroxyl groups excluding tert-OH is 2. The summed E-state index contributed by atoms with van der Waals surface area (Å²) in [6.45, 7) is 3.35. The van der Waals surface area contributed by atoms with Gasteiger partial charge >= 0.3 is 11.9 Å². The van der Waals surface area contributed by atoms with Crippen LogP contribution in [0.2, 0.25) is 0 Å². The Bertz CT molecular complexity index is 836. The number of esters is 2. The van der Waals surface area contributed by atoms with Crippen LogP contribution in [0.5, 0.6) is 0 Å². The van der Waals surface area contributed by atoms with E-state index in [1.54, 1.807) is 0 Å². The van der Waals surface area contributed by atoms with Crippen molar-refractivity contribution in [2.24, 2.45) is 5.28 Å². The number of nitrogens with zero attached hydrogens (tertiary/aromatic N) is 3. The van der Waals surface area contributed by atoms with Gasteiger partial charge in [0, 0.05) is 18.2 Å². The van der Waals surface area contributed by atoms with E-state index in [1.807, 2.05) is 0 Å². The van der Waals surface area contributed by atoms with Crippen molar-refractivity contribution in [1.29, 1.82) is 0 Å². The lowest BCUT2D eigenvalue weighted by Gasteiger charge is -2.19. The Morgan fingerprint density at radius 2 is 0.833 bits per heavy atom. The molecule has 54 heavy (non-hydrogen) atoms. The van der Waals surface area contributed by atoms with Gasteiger partial charge in [0.25, 0.3) is 0 Å². The zero-order valence-electron chi connectivity index (χ0n) is 34.5. The van der Waals surface area contributed by atoms with Crippen LogP contribution in [-0.4, -0.2) is 84.7 Å². The second-order valence-corrected chi connectivity index (χ2v) is 15.1. The van der Waals surface area contributed by atoms with Gasteiger partial charge in [0.05, 0.1) is 52.2 Å². The number of quaternary nitrogens is 1. The third-order valence-corrected chi connectivity index (χ3v) is 10.1. The average molecular weight is 773 g/mol. The molecule has 0 bridgehead atoms. The molecule has 0 unspecified atom stereocenters. The SMILES string of the molecule is O=C(CC[NH2+]CCCCN(CCC(=O)OCCCCCCCCCCCCCCCCO)/[N+]([O-])=N/[O-])OCCCCCCCCCCCCCCCCO. The van der Waals surface area contributed by atoms with Gasteiger partial charge in [0.1, 0.15) is 0 Å². The minimum atomic E-state index is -0.372. The average Bonchev–Trinajstić information content (AvgIpc) is 3.17. The molecule has 0 amide bonds. The molecule has 4 N–H and O–H groups in total. The summed E-state index contributed by atoms with van der Waals surface area (Å²) in [6, 6.07) is 0. The second kappa shape index (κ2) is 43.5. The lowest BCUT2D eigenvalue weighted by Crippen LogP contribution is -2.84. The normalized spacial score (nSPS) is 11.6. The molecule has 0 fully saturated rings. The van der Waals surface area contributed by atoms with Gasteiger partial charge in [-0.3, -0.25) is 9.59 Å². The van der Waals surface area contributed by atoms with Crippen molar-refractivity contribution in [2.45, 2.75) is 205 Å². The number of unbranched alkanes of at least 4 members (excludes halogenated alkanes) is 27. The number of hydrazine groups is 1. The van der Waals surface area contributed by atoms with Crippen molar-refractivity contribution >= 4 is 11.9 Å². The van der Waals surface area contributed by atoms with Crippen molar-refractivity contribution in [3.63, 3.8) is 0 Å². The number of aliphatic hydroxyl groups is 2. The Hall–Kier alpha value is -2.18. The van der Waals surface area contributed by atoms with E-state index in [2.05, 4.69) is 10.6 Å². The Morgan fingerprint density at radius 1 is 0.481 bits per heavy atom. The second-order valence-electron chi connectivity index (χ2n) is 15.1. The summed E-state index contributed by atoms with van der Waals surface area (Å²) in [5.74, 6) is -0.533. The Kier molecular flexibility index (Phi) is 41.8. The van der Waals surface area contributed by atoms with Crippen LogP contribution in [0, 0.1) is 10.4 Å². The molecule has 0 heterocycles. The Balaban J connectivity index is 3.61. The van der Waals surface area contributed by atoms with Gasteiger partial charge in [-0.25, -0.2) is 0 Å². The number of carbonyl (C=O) groups is 2. The number of hydrogen-bond acceptors (Lipinski definition) is 9. The molecular formula is C42H84N4O8. The van der Waals surface area contributed by atoms with Crippen LogP contribution in [0.1, 0.15) is 205 Å². The van der Waals surface area contributed by atoms with E-state index in [1.165, 1.54) is 127 Å². The molecule has 0 saturated carbocycles. The van der Waals surface area contributed by atoms with Gasteiger partial charge in [-0.2, -0.15) is 0 Å². The molecule has 320 valence electrons. The van der Waals surface area contributed by atoms with Crippen LogP contribution < -0.4 is 5.32 Å². The summed E-state index contributed by atoms with van der Waals surface area (Å²) in [7, 11) is 0. The summed E-state index contributed by atoms with van der Waals surface area (Å²) in [6.07, 6.45) is 35.5. The monoisotopic (exact) mass is 773 g/mol. The van der Waals surface area contributed by atoms with Crippen LogP contribution in [0.4, 0.5) is 0 Å². The Labute approximate surface area is 329 Å². The predicted octanol–water partition coefficient (Wildman–Crippen LogP) is 8.78. The molecule has 0 saturated heterocycles. The first kappa shape index (κ1) is 51.8. The molecule has 12 nitrogen and oxygen atoms in total. The number of ether oxygens (including phenoxy) is 2. The molecule has 0 aliphatic carbocycles. The highest BCUT2D eigenvalue weighted by Gasteiger charge is 2.15. The molecule has 0 radical (unpaired) electrons. The van der Waals surface area contributed by atoms with Gasteiger partial charge in [-0.1, -0.05) is 154 Å². The molecule has 0 aliphatic rings. The maximum absolute atomic E-state index is 12.2. The number of nitrogens with two attached hydrogens (primary N) is 1. The van der Waals surface area contributed by atoms with E-state index >= 15 is 0 Å². The maximum Gasteiger partial charge on any atom is 0.311 e. The molecule has 0 aliphatic heterocycles.